The van der Waals surface area contributed by atoms with Gasteiger partial charge < -0.3 is 16.4 Å². The highest BCUT2D eigenvalue weighted by atomic mass is 15.2. The van der Waals surface area contributed by atoms with Crippen LogP contribution in [0.1, 0.15) is 69.5 Å². The first kappa shape index (κ1) is 24.1. The molecule has 3 aromatic rings. The van der Waals surface area contributed by atoms with Crippen LogP contribution in [0.15, 0.2) is 60.7 Å². The Bertz CT molecular complexity index is 1130. The Kier molecular flexibility index (Phi) is 8.10. The van der Waals surface area contributed by atoms with E-state index in [4.69, 9.17) is 11.5 Å². The molecule has 1 atom stereocenters. The second-order valence-electron chi connectivity index (χ2n) is 9.81. The summed E-state index contributed by atoms with van der Waals surface area (Å²) >= 11 is 0. The summed E-state index contributed by atoms with van der Waals surface area (Å²) in [5.74, 6) is 0. The molecule has 1 aliphatic rings. The monoisotopic (exact) mass is 457 g/mol. The van der Waals surface area contributed by atoms with Crippen molar-refractivity contribution < 1.29 is 4.57 Å². The summed E-state index contributed by atoms with van der Waals surface area (Å²) in [5, 5.41) is 1.16. The predicted molar refractivity (Wildman–Crippen MR) is 146 cm³/mol. The molecule has 0 amide bonds. The SMILES string of the molecule is Cc1cc(N)c2ccccc2[n+]1CCCCCCCCCCN1c2ccccc2C(N)=CC1C. The molecule has 4 N–H and O–H groups in total. The number of nitrogen functional groups attached to an aromatic ring is 1. The van der Waals surface area contributed by atoms with Crippen molar-refractivity contribution in [1.29, 1.82) is 0 Å². The molecule has 1 unspecified atom stereocenters. The normalized spacial score (nSPS) is 15.4. The van der Waals surface area contributed by atoms with Gasteiger partial charge in [0.05, 0.1) is 11.1 Å². The number of benzene rings is 2. The average Bonchev–Trinajstić information content (AvgIpc) is 2.83. The number of hydrogen-bond donors (Lipinski definition) is 2. The van der Waals surface area contributed by atoms with Gasteiger partial charge in [-0.15, -0.1) is 0 Å². The van der Waals surface area contributed by atoms with Crippen molar-refractivity contribution in [2.45, 2.75) is 77.8 Å². The maximum absolute atomic E-state index is 6.24. The van der Waals surface area contributed by atoms with Gasteiger partial charge in [0.1, 0.15) is 6.54 Å². The van der Waals surface area contributed by atoms with Gasteiger partial charge in [0, 0.05) is 55.0 Å². The zero-order valence-corrected chi connectivity index (χ0v) is 21.0. The van der Waals surface area contributed by atoms with E-state index < -0.39 is 0 Å². The minimum atomic E-state index is 0.370. The maximum atomic E-state index is 6.24. The van der Waals surface area contributed by atoms with Gasteiger partial charge in [-0.2, -0.15) is 4.57 Å². The number of anilines is 2. The quantitative estimate of drug-likeness (QED) is 0.261. The van der Waals surface area contributed by atoms with Crippen LogP contribution in [0.25, 0.3) is 16.6 Å². The number of rotatable bonds is 11. The first-order valence-electron chi connectivity index (χ1n) is 13.1. The smallest absolute Gasteiger partial charge is 0.214 e. The molecule has 4 heteroatoms. The van der Waals surface area contributed by atoms with Crippen LogP contribution in [0.4, 0.5) is 11.4 Å². The third-order valence-electron chi connectivity index (χ3n) is 7.26. The molecule has 0 aliphatic carbocycles. The first-order valence-corrected chi connectivity index (χ1v) is 13.1. The molecule has 4 nitrogen and oxygen atoms in total. The summed E-state index contributed by atoms with van der Waals surface area (Å²) in [6.45, 7) is 6.59. The van der Waals surface area contributed by atoms with Crippen molar-refractivity contribution in [3.63, 3.8) is 0 Å². The van der Waals surface area contributed by atoms with Crippen molar-refractivity contribution in [3.8, 4) is 0 Å². The van der Waals surface area contributed by atoms with E-state index in [1.54, 1.807) is 0 Å². The predicted octanol–water partition coefficient (Wildman–Crippen LogP) is 6.35. The van der Waals surface area contributed by atoms with E-state index in [2.05, 4.69) is 84.0 Å². The van der Waals surface area contributed by atoms with Gasteiger partial charge in [-0.3, -0.25) is 0 Å². The van der Waals surface area contributed by atoms with Crippen molar-refractivity contribution in [3.05, 3.63) is 71.9 Å². The number of para-hydroxylation sites is 2. The molecule has 0 saturated carbocycles. The number of aromatic nitrogens is 1. The fourth-order valence-electron chi connectivity index (χ4n) is 5.38. The van der Waals surface area contributed by atoms with Crippen LogP contribution in [0.3, 0.4) is 0 Å². The van der Waals surface area contributed by atoms with E-state index in [1.807, 2.05) is 0 Å². The number of unbranched alkanes of at least 4 members (excludes halogenated alkanes) is 7. The number of hydrogen-bond acceptors (Lipinski definition) is 3. The lowest BCUT2D eigenvalue weighted by molar-refractivity contribution is -0.677. The Morgan fingerprint density at radius 1 is 0.824 bits per heavy atom. The van der Waals surface area contributed by atoms with Crippen LogP contribution in [-0.4, -0.2) is 12.6 Å². The first-order chi connectivity index (χ1) is 16.6. The molecule has 0 spiro atoms. The van der Waals surface area contributed by atoms with Crippen LogP contribution < -0.4 is 20.9 Å². The highest BCUT2D eigenvalue weighted by molar-refractivity contribution is 5.87. The molecule has 2 aromatic carbocycles. The van der Waals surface area contributed by atoms with E-state index in [-0.39, 0.29) is 0 Å². The topological polar surface area (TPSA) is 59.2 Å². The van der Waals surface area contributed by atoms with Crippen molar-refractivity contribution in [2.24, 2.45) is 5.73 Å². The summed E-state index contributed by atoms with van der Waals surface area (Å²) in [6, 6.07) is 19.5. The van der Waals surface area contributed by atoms with Crippen LogP contribution in [0.5, 0.6) is 0 Å². The summed E-state index contributed by atoms with van der Waals surface area (Å²) < 4.78 is 2.42. The number of nitrogens with two attached hydrogens (primary N) is 2. The molecule has 0 bridgehead atoms. The van der Waals surface area contributed by atoms with E-state index >= 15 is 0 Å². The molecule has 0 radical (unpaired) electrons. The number of fused-ring (bicyclic) bond motifs is 2. The molecule has 0 saturated heterocycles. The molecule has 1 aliphatic heterocycles. The highest BCUT2D eigenvalue weighted by Gasteiger charge is 2.21. The van der Waals surface area contributed by atoms with Gasteiger partial charge in [-0.25, -0.2) is 0 Å². The lowest BCUT2D eigenvalue weighted by Crippen LogP contribution is -2.38. The number of aryl methyl sites for hydroxylation is 2. The van der Waals surface area contributed by atoms with Crippen LogP contribution in [0.2, 0.25) is 0 Å². The van der Waals surface area contributed by atoms with E-state index in [9.17, 15) is 0 Å². The molecule has 4 rings (SSSR count). The van der Waals surface area contributed by atoms with Gasteiger partial charge >= 0.3 is 0 Å². The Morgan fingerprint density at radius 2 is 1.47 bits per heavy atom. The number of pyridine rings is 1. The summed E-state index contributed by atoms with van der Waals surface area (Å²) in [4.78, 5) is 2.51. The second-order valence-corrected chi connectivity index (χ2v) is 9.81. The van der Waals surface area contributed by atoms with Gasteiger partial charge in [0.2, 0.25) is 5.52 Å². The van der Waals surface area contributed by atoms with Crippen LogP contribution >= 0.6 is 0 Å². The molecule has 2 heterocycles. The Morgan fingerprint density at radius 3 is 2.26 bits per heavy atom. The Hall–Kier alpha value is -3.01. The largest absolute Gasteiger partial charge is 0.398 e. The Labute approximate surface area is 205 Å². The molecule has 34 heavy (non-hydrogen) atoms. The molecular weight excluding hydrogens is 416 g/mol. The molecular formula is C30H41N4+. The third kappa shape index (κ3) is 5.55. The van der Waals surface area contributed by atoms with Gasteiger partial charge in [0.15, 0.2) is 5.69 Å². The Balaban J connectivity index is 1.12. The lowest BCUT2D eigenvalue weighted by Gasteiger charge is -2.35. The maximum Gasteiger partial charge on any atom is 0.214 e. The second kappa shape index (κ2) is 11.4. The van der Waals surface area contributed by atoms with Crippen molar-refractivity contribution in [1.82, 2.24) is 0 Å². The minimum absolute atomic E-state index is 0.370. The highest BCUT2D eigenvalue weighted by Crippen LogP contribution is 2.31. The van der Waals surface area contributed by atoms with Crippen molar-refractivity contribution in [2.75, 3.05) is 17.2 Å². The standard InChI is InChI=1S/C30H40N4/c1-23-21-27(31)25-15-9-11-17-29(25)33(23)19-13-7-5-3-4-6-8-14-20-34-24(2)22-28(32)26-16-10-12-18-30(26)34/h9-12,15-18,21-23,32H,3-8,13-14,19-20,31H2,1-2H3/p+1. The van der Waals surface area contributed by atoms with E-state index in [0.29, 0.717) is 6.04 Å². The van der Waals surface area contributed by atoms with Crippen molar-refractivity contribution >= 4 is 28.0 Å². The van der Waals surface area contributed by atoms with E-state index in [0.717, 1.165) is 29.9 Å². The minimum Gasteiger partial charge on any atom is -0.398 e. The summed E-state index contributed by atoms with van der Waals surface area (Å²) in [6.07, 6.45) is 12.6. The molecule has 1 aromatic heterocycles. The zero-order chi connectivity index (χ0) is 23.9. The summed E-state index contributed by atoms with van der Waals surface area (Å²) in [5.41, 5.74) is 19.2. The van der Waals surface area contributed by atoms with E-state index in [1.165, 1.54) is 73.8 Å². The fourth-order valence-corrected chi connectivity index (χ4v) is 5.38. The van der Waals surface area contributed by atoms with Gasteiger partial charge in [-0.05, 0) is 38.0 Å². The molecule has 0 fully saturated rings. The third-order valence-corrected chi connectivity index (χ3v) is 7.26. The lowest BCUT2D eigenvalue weighted by atomic mass is 10.00. The fraction of sp³-hybridized carbons (Fsp3) is 0.433. The van der Waals surface area contributed by atoms with Crippen LogP contribution in [0, 0.1) is 6.92 Å². The van der Waals surface area contributed by atoms with Crippen LogP contribution in [-0.2, 0) is 6.54 Å². The average molecular weight is 458 g/mol. The van der Waals surface area contributed by atoms with Gasteiger partial charge in [-0.1, -0.05) is 62.4 Å². The molecule has 180 valence electrons. The summed E-state index contributed by atoms with van der Waals surface area (Å²) in [7, 11) is 0. The van der Waals surface area contributed by atoms with Gasteiger partial charge in [0.25, 0.3) is 0 Å². The zero-order valence-electron chi connectivity index (χ0n) is 21.0. The number of nitrogens with zero attached hydrogens (tertiary/aromatic N) is 2.